The highest BCUT2D eigenvalue weighted by molar-refractivity contribution is 5.82. The number of ketones is 1. The van der Waals surface area contributed by atoms with Gasteiger partial charge in [-0.2, -0.15) is 0 Å². The van der Waals surface area contributed by atoms with Gasteiger partial charge in [0.25, 0.3) is 0 Å². The molecule has 4 atom stereocenters. The van der Waals surface area contributed by atoms with Gasteiger partial charge < -0.3 is 5.11 Å². The molecule has 0 amide bonds. The van der Waals surface area contributed by atoms with Crippen molar-refractivity contribution in [3.8, 4) is 0 Å². The molecule has 124 valence electrons. The minimum atomic E-state index is -0.705. The molecular weight excluding hydrogens is 272 g/mol. The number of rotatable bonds is 1. The number of carbonyl (C=O) groups excluding carboxylic acids is 1. The Morgan fingerprint density at radius 3 is 2.64 bits per heavy atom. The number of fused-ring (bicyclic) bond motifs is 1. The maximum atomic E-state index is 12.6. The first-order valence-electron chi connectivity index (χ1n) is 8.76. The molecule has 2 heteroatoms. The van der Waals surface area contributed by atoms with E-state index in [4.69, 9.17) is 0 Å². The zero-order valence-corrected chi connectivity index (χ0v) is 14.9. The fourth-order valence-electron chi connectivity index (χ4n) is 4.24. The lowest BCUT2D eigenvalue weighted by molar-refractivity contribution is -0.128. The van der Waals surface area contributed by atoms with Crippen molar-refractivity contribution in [2.24, 2.45) is 23.2 Å². The van der Waals surface area contributed by atoms with E-state index in [1.807, 2.05) is 13.0 Å². The van der Waals surface area contributed by atoms with Gasteiger partial charge in [-0.1, -0.05) is 51.5 Å². The number of hydrogen-bond donors (Lipinski definition) is 1. The number of allylic oxidation sites excluding steroid dienone is 4. The summed E-state index contributed by atoms with van der Waals surface area (Å²) in [6, 6.07) is 0. The summed E-state index contributed by atoms with van der Waals surface area (Å²) in [5.41, 5.74) is 0.682. The van der Waals surface area contributed by atoms with Crippen LogP contribution in [0, 0.1) is 23.2 Å². The Morgan fingerprint density at radius 1 is 1.32 bits per heavy atom. The van der Waals surface area contributed by atoms with Gasteiger partial charge in [-0.05, 0) is 43.9 Å². The van der Waals surface area contributed by atoms with Crippen LogP contribution in [0.5, 0.6) is 0 Å². The molecule has 1 N–H and O–H groups in total. The molecule has 0 aromatic carbocycles. The smallest absolute Gasteiger partial charge is 0.139 e. The summed E-state index contributed by atoms with van der Waals surface area (Å²) in [5.74, 6) is 0.471. The van der Waals surface area contributed by atoms with Crippen molar-refractivity contribution in [1.29, 1.82) is 0 Å². The molecule has 4 unspecified atom stereocenters. The van der Waals surface area contributed by atoms with Gasteiger partial charge in [0.05, 0.1) is 5.60 Å². The molecule has 0 bridgehead atoms. The largest absolute Gasteiger partial charge is 0.389 e. The van der Waals surface area contributed by atoms with Crippen molar-refractivity contribution in [1.82, 2.24) is 0 Å². The second-order valence-corrected chi connectivity index (χ2v) is 8.20. The Labute approximate surface area is 135 Å². The first kappa shape index (κ1) is 17.5. The third-order valence-corrected chi connectivity index (χ3v) is 6.24. The van der Waals surface area contributed by atoms with Gasteiger partial charge in [-0.3, -0.25) is 4.79 Å². The average molecular weight is 304 g/mol. The van der Waals surface area contributed by atoms with E-state index in [1.54, 1.807) is 0 Å². The Hall–Kier alpha value is -0.890. The monoisotopic (exact) mass is 304 g/mol. The normalized spacial score (nSPS) is 40.3. The number of hydrogen-bond acceptors (Lipinski definition) is 2. The summed E-state index contributed by atoms with van der Waals surface area (Å²) < 4.78 is 0. The Morgan fingerprint density at radius 2 is 2.00 bits per heavy atom. The highest BCUT2D eigenvalue weighted by Gasteiger charge is 2.55. The van der Waals surface area contributed by atoms with Gasteiger partial charge in [0, 0.05) is 18.3 Å². The van der Waals surface area contributed by atoms with Crippen LogP contribution < -0.4 is 0 Å². The highest BCUT2D eigenvalue weighted by atomic mass is 16.3. The minimum absolute atomic E-state index is 0.0278. The molecule has 0 aromatic rings. The third-order valence-electron chi connectivity index (χ3n) is 6.24. The van der Waals surface area contributed by atoms with E-state index in [-0.39, 0.29) is 29.0 Å². The molecule has 0 aliphatic heterocycles. The zero-order chi connectivity index (χ0) is 16.5. The standard InChI is InChI=1S/C20H32O2/c1-14(2)20(22)12-11-19(5)10-9-15(3)7-6-8-16(4)17(21)13-18(19)20/h6,8-9,14,16,18,22H,7,10-13H2,1-5H3. The maximum absolute atomic E-state index is 12.6. The molecule has 2 nitrogen and oxygen atoms in total. The van der Waals surface area contributed by atoms with Crippen LogP contribution >= 0.6 is 0 Å². The predicted octanol–water partition coefficient (Wildman–Crippen LogP) is 4.68. The third kappa shape index (κ3) is 3.22. The Bertz CT molecular complexity index is 488. The van der Waals surface area contributed by atoms with Crippen LogP contribution in [-0.4, -0.2) is 16.5 Å². The van der Waals surface area contributed by atoms with Crippen molar-refractivity contribution >= 4 is 5.78 Å². The van der Waals surface area contributed by atoms with E-state index in [0.717, 1.165) is 25.7 Å². The van der Waals surface area contributed by atoms with Gasteiger partial charge in [0.15, 0.2) is 0 Å². The van der Waals surface area contributed by atoms with Crippen molar-refractivity contribution in [3.05, 3.63) is 23.8 Å². The summed E-state index contributed by atoms with van der Waals surface area (Å²) >= 11 is 0. The van der Waals surface area contributed by atoms with Crippen LogP contribution in [0.4, 0.5) is 0 Å². The van der Waals surface area contributed by atoms with Crippen LogP contribution in [0.3, 0.4) is 0 Å². The molecule has 1 fully saturated rings. The molecule has 1 saturated carbocycles. The molecule has 2 aliphatic carbocycles. The highest BCUT2D eigenvalue weighted by Crippen LogP contribution is 2.56. The van der Waals surface area contributed by atoms with Crippen LogP contribution in [0.1, 0.15) is 66.7 Å². The van der Waals surface area contributed by atoms with Crippen molar-refractivity contribution in [3.63, 3.8) is 0 Å². The van der Waals surface area contributed by atoms with E-state index in [9.17, 15) is 9.90 Å². The number of carbonyl (C=O) groups is 1. The predicted molar refractivity (Wildman–Crippen MR) is 91.5 cm³/mol. The second-order valence-electron chi connectivity index (χ2n) is 8.20. The molecule has 2 rings (SSSR count). The minimum Gasteiger partial charge on any atom is -0.389 e. The molecule has 0 heterocycles. The van der Waals surface area contributed by atoms with Crippen LogP contribution in [-0.2, 0) is 4.79 Å². The second kappa shape index (κ2) is 6.31. The molecule has 22 heavy (non-hydrogen) atoms. The quantitative estimate of drug-likeness (QED) is 0.714. The Balaban J connectivity index is 2.40. The van der Waals surface area contributed by atoms with E-state index < -0.39 is 5.60 Å². The van der Waals surface area contributed by atoms with Gasteiger partial charge in [0.1, 0.15) is 5.78 Å². The number of Topliss-reactive ketones (excluding diaryl/α,β-unsaturated/α-hetero) is 1. The zero-order valence-electron chi connectivity index (χ0n) is 14.9. The van der Waals surface area contributed by atoms with E-state index >= 15 is 0 Å². The fraction of sp³-hybridized carbons (Fsp3) is 0.750. The topological polar surface area (TPSA) is 37.3 Å². The first-order valence-corrected chi connectivity index (χ1v) is 8.76. The van der Waals surface area contributed by atoms with E-state index in [1.165, 1.54) is 5.57 Å². The van der Waals surface area contributed by atoms with Gasteiger partial charge >= 0.3 is 0 Å². The lowest BCUT2D eigenvalue weighted by Crippen LogP contribution is -2.44. The lowest BCUT2D eigenvalue weighted by atomic mass is 9.67. The molecular formula is C20H32O2. The summed E-state index contributed by atoms with van der Waals surface area (Å²) in [6.45, 7) is 10.6. The van der Waals surface area contributed by atoms with Crippen molar-refractivity contribution in [2.75, 3.05) is 0 Å². The average Bonchev–Trinajstić information content (AvgIpc) is 2.70. The van der Waals surface area contributed by atoms with Crippen molar-refractivity contribution < 1.29 is 9.90 Å². The number of aliphatic hydroxyl groups is 1. The molecule has 2 aliphatic rings. The summed E-state index contributed by atoms with van der Waals surface area (Å²) in [7, 11) is 0. The first-order chi connectivity index (χ1) is 10.2. The summed E-state index contributed by atoms with van der Waals surface area (Å²) in [4.78, 5) is 12.6. The van der Waals surface area contributed by atoms with Crippen LogP contribution in [0.15, 0.2) is 23.8 Å². The van der Waals surface area contributed by atoms with Crippen LogP contribution in [0.2, 0.25) is 0 Å². The van der Waals surface area contributed by atoms with Gasteiger partial charge in [-0.15, -0.1) is 0 Å². The fourth-order valence-corrected chi connectivity index (χ4v) is 4.24. The molecule has 0 saturated heterocycles. The molecule has 0 radical (unpaired) electrons. The molecule has 0 aromatic heterocycles. The summed E-state index contributed by atoms with van der Waals surface area (Å²) in [6.07, 6.45) is 10.7. The van der Waals surface area contributed by atoms with Gasteiger partial charge in [0.2, 0.25) is 0 Å². The maximum Gasteiger partial charge on any atom is 0.139 e. The van der Waals surface area contributed by atoms with E-state index in [0.29, 0.717) is 6.42 Å². The van der Waals surface area contributed by atoms with Crippen molar-refractivity contribution in [2.45, 2.75) is 72.3 Å². The van der Waals surface area contributed by atoms with Crippen LogP contribution in [0.25, 0.3) is 0 Å². The summed E-state index contributed by atoms with van der Waals surface area (Å²) in [5, 5.41) is 11.3. The Kier molecular flexibility index (Phi) is 5.01. The lowest BCUT2D eigenvalue weighted by Gasteiger charge is -2.40. The molecule has 0 spiro atoms. The van der Waals surface area contributed by atoms with E-state index in [2.05, 4.69) is 39.8 Å². The van der Waals surface area contributed by atoms with Gasteiger partial charge in [-0.25, -0.2) is 0 Å². The SMILES string of the molecule is CC1=CCC2(C)CCC(O)(C(C)C)C2CC(=O)C(C)C=CC1.